The van der Waals surface area contributed by atoms with Crippen LogP contribution in [-0.4, -0.2) is 21.3 Å². The van der Waals surface area contributed by atoms with E-state index in [4.69, 9.17) is 5.73 Å². The lowest BCUT2D eigenvalue weighted by atomic mass is 10.3. The Kier molecular flexibility index (Phi) is 3.47. The highest BCUT2D eigenvalue weighted by Crippen LogP contribution is 1.93. The third-order valence-electron chi connectivity index (χ3n) is 1.61. The minimum absolute atomic E-state index is 0.704. The number of nitrogens with two attached hydrogens (primary N) is 1. The summed E-state index contributed by atoms with van der Waals surface area (Å²) in [5.74, 6) is 0.975. The van der Waals surface area contributed by atoms with E-state index < -0.39 is 0 Å². The van der Waals surface area contributed by atoms with Crippen LogP contribution in [0.1, 0.15) is 12.2 Å². The van der Waals surface area contributed by atoms with Gasteiger partial charge in [0, 0.05) is 13.5 Å². The van der Waals surface area contributed by atoms with E-state index in [0.29, 0.717) is 6.54 Å². The van der Waals surface area contributed by atoms with E-state index in [0.717, 1.165) is 18.7 Å². The largest absolute Gasteiger partial charge is 0.330 e. The molecule has 0 bridgehead atoms. The van der Waals surface area contributed by atoms with E-state index in [1.807, 2.05) is 7.05 Å². The van der Waals surface area contributed by atoms with Gasteiger partial charge in [0.15, 0.2) is 0 Å². The first-order valence-corrected chi connectivity index (χ1v) is 4.02. The lowest BCUT2D eigenvalue weighted by molar-refractivity contribution is 0.719. The average Bonchev–Trinajstić information content (AvgIpc) is 2.46. The maximum absolute atomic E-state index is 5.33. The fraction of sp³-hybridized carbons (Fsp3) is 0.500. The van der Waals surface area contributed by atoms with Crippen LogP contribution in [0.25, 0.3) is 0 Å². The zero-order chi connectivity index (χ0) is 8.81. The molecule has 4 heteroatoms. The second kappa shape index (κ2) is 4.66. The Hall–Kier alpha value is -1.16. The standard InChI is InChI=1S/C8H14N4/c1-12-8(10-7-11-12)5-3-2-4-6-9/h2-3,7H,4-6,9H2,1H3. The lowest BCUT2D eigenvalue weighted by Crippen LogP contribution is -1.98. The van der Waals surface area contributed by atoms with Gasteiger partial charge in [0.1, 0.15) is 12.2 Å². The van der Waals surface area contributed by atoms with Gasteiger partial charge in [0.25, 0.3) is 0 Å². The maximum atomic E-state index is 5.33. The molecule has 2 N–H and O–H groups in total. The van der Waals surface area contributed by atoms with Crippen molar-refractivity contribution in [2.24, 2.45) is 12.8 Å². The third-order valence-corrected chi connectivity index (χ3v) is 1.61. The zero-order valence-corrected chi connectivity index (χ0v) is 7.27. The first-order valence-electron chi connectivity index (χ1n) is 4.02. The van der Waals surface area contributed by atoms with Gasteiger partial charge < -0.3 is 5.73 Å². The molecule has 12 heavy (non-hydrogen) atoms. The van der Waals surface area contributed by atoms with Gasteiger partial charge in [-0.2, -0.15) is 5.10 Å². The molecule has 1 rings (SSSR count). The first-order chi connectivity index (χ1) is 5.84. The van der Waals surface area contributed by atoms with Gasteiger partial charge in [-0.15, -0.1) is 0 Å². The van der Waals surface area contributed by atoms with Crippen LogP contribution in [0.5, 0.6) is 0 Å². The molecule has 0 saturated carbocycles. The quantitative estimate of drug-likeness (QED) is 0.653. The van der Waals surface area contributed by atoms with Crippen molar-refractivity contribution in [3.8, 4) is 0 Å². The van der Waals surface area contributed by atoms with Gasteiger partial charge in [0.05, 0.1) is 0 Å². The summed E-state index contributed by atoms with van der Waals surface area (Å²) >= 11 is 0. The Balaban J connectivity index is 2.37. The molecule has 0 atom stereocenters. The first kappa shape index (κ1) is 8.93. The van der Waals surface area contributed by atoms with Crippen molar-refractivity contribution in [1.82, 2.24) is 14.8 Å². The molecule has 0 fully saturated rings. The number of nitrogens with zero attached hydrogens (tertiary/aromatic N) is 3. The molecule has 66 valence electrons. The minimum Gasteiger partial charge on any atom is -0.330 e. The Morgan fingerprint density at radius 3 is 3.00 bits per heavy atom. The second-order valence-corrected chi connectivity index (χ2v) is 2.55. The van der Waals surface area contributed by atoms with E-state index in [-0.39, 0.29) is 0 Å². The average molecular weight is 166 g/mol. The molecule has 0 unspecified atom stereocenters. The van der Waals surface area contributed by atoms with Crippen LogP contribution in [0.3, 0.4) is 0 Å². The molecule has 4 nitrogen and oxygen atoms in total. The lowest BCUT2D eigenvalue weighted by Gasteiger charge is -1.93. The Morgan fingerprint density at radius 2 is 2.42 bits per heavy atom. The summed E-state index contributed by atoms with van der Waals surface area (Å²) in [6.07, 6.45) is 7.45. The topological polar surface area (TPSA) is 56.7 Å². The number of hydrogen-bond donors (Lipinski definition) is 1. The fourth-order valence-corrected chi connectivity index (χ4v) is 0.908. The Morgan fingerprint density at radius 1 is 1.58 bits per heavy atom. The van der Waals surface area contributed by atoms with Gasteiger partial charge in [-0.25, -0.2) is 4.98 Å². The van der Waals surface area contributed by atoms with Crippen molar-refractivity contribution in [3.05, 3.63) is 24.3 Å². The van der Waals surface area contributed by atoms with Crippen LogP contribution in [0.2, 0.25) is 0 Å². The van der Waals surface area contributed by atoms with Gasteiger partial charge in [0.2, 0.25) is 0 Å². The van der Waals surface area contributed by atoms with Crippen molar-refractivity contribution < 1.29 is 0 Å². The normalized spacial score (nSPS) is 11.2. The van der Waals surface area contributed by atoms with Gasteiger partial charge in [-0.1, -0.05) is 12.2 Å². The fourth-order valence-electron chi connectivity index (χ4n) is 0.908. The summed E-state index contributed by atoms with van der Waals surface area (Å²) in [6, 6.07) is 0. The Labute approximate surface area is 72.1 Å². The van der Waals surface area contributed by atoms with E-state index in [2.05, 4.69) is 22.2 Å². The maximum Gasteiger partial charge on any atom is 0.138 e. The smallest absolute Gasteiger partial charge is 0.138 e. The highest BCUT2D eigenvalue weighted by molar-refractivity contribution is 4.95. The monoisotopic (exact) mass is 166 g/mol. The second-order valence-electron chi connectivity index (χ2n) is 2.55. The molecule has 1 aromatic heterocycles. The van der Waals surface area contributed by atoms with Gasteiger partial charge in [-0.05, 0) is 13.0 Å². The predicted molar refractivity (Wildman–Crippen MR) is 47.5 cm³/mol. The van der Waals surface area contributed by atoms with Gasteiger partial charge in [-0.3, -0.25) is 4.68 Å². The summed E-state index contributed by atoms with van der Waals surface area (Å²) in [6.45, 7) is 0.704. The van der Waals surface area contributed by atoms with Crippen LogP contribution in [0.15, 0.2) is 18.5 Å². The number of aryl methyl sites for hydroxylation is 1. The molecular formula is C8H14N4. The van der Waals surface area contributed by atoms with Crippen molar-refractivity contribution in [1.29, 1.82) is 0 Å². The highest BCUT2D eigenvalue weighted by atomic mass is 15.3. The predicted octanol–water partition coefficient (Wildman–Crippen LogP) is 0.263. The van der Waals surface area contributed by atoms with E-state index in [1.54, 1.807) is 11.0 Å². The van der Waals surface area contributed by atoms with Crippen LogP contribution >= 0.6 is 0 Å². The summed E-state index contributed by atoms with van der Waals surface area (Å²) < 4.78 is 1.77. The molecule has 0 spiro atoms. The number of rotatable bonds is 4. The van der Waals surface area contributed by atoms with Crippen molar-refractivity contribution >= 4 is 0 Å². The zero-order valence-electron chi connectivity index (χ0n) is 7.27. The summed E-state index contributed by atoms with van der Waals surface area (Å²) in [4.78, 5) is 4.08. The molecule has 0 amide bonds. The van der Waals surface area contributed by atoms with E-state index in [9.17, 15) is 0 Å². The van der Waals surface area contributed by atoms with Crippen molar-refractivity contribution in [3.63, 3.8) is 0 Å². The molecule has 0 aliphatic carbocycles. The number of allylic oxidation sites excluding steroid dienone is 1. The third kappa shape index (κ3) is 2.47. The number of aromatic nitrogens is 3. The molecule has 0 radical (unpaired) electrons. The van der Waals surface area contributed by atoms with E-state index in [1.165, 1.54) is 0 Å². The number of hydrogen-bond acceptors (Lipinski definition) is 3. The van der Waals surface area contributed by atoms with Crippen molar-refractivity contribution in [2.75, 3.05) is 6.54 Å². The molecule has 1 aromatic rings. The molecule has 0 aromatic carbocycles. The Bertz CT molecular complexity index is 251. The minimum atomic E-state index is 0.704. The molecule has 1 heterocycles. The van der Waals surface area contributed by atoms with Crippen LogP contribution in [-0.2, 0) is 13.5 Å². The summed E-state index contributed by atoms with van der Waals surface area (Å²) in [5.41, 5.74) is 5.33. The summed E-state index contributed by atoms with van der Waals surface area (Å²) in [5, 5.41) is 3.96. The molecule has 0 aliphatic heterocycles. The molecular weight excluding hydrogens is 152 g/mol. The SMILES string of the molecule is Cn1ncnc1CC=CCCN. The molecule has 0 saturated heterocycles. The van der Waals surface area contributed by atoms with E-state index >= 15 is 0 Å². The van der Waals surface area contributed by atoms with Crippen molar-refractivity contribution in [2.45, 2.75) is 12.8 Å². The highest BCUT2D eigenvalue weighted by Gasteiger charge is 1.94. The molecule has 0 aliphatic rings. The van der Waals surface area contributed by atoms with Crippen LogP contribution in [0, 0.1) is 0 Å². The van der Waals surface area contributed by atoms with Crippen LogP contribution in [0.4, 0.5) is 0 Å². The van der Waals surface area contributed by atoms with Gasteiger partial charge >= 0.3 is 0 Å². The van der Waals surface area contributed by atoms with Crippen LogP contribution < -0.4 is 5.73 Å². The summed E-state index contributed by atoms with van der Waals surface area (Å²) in [7, 11) is 1.89.